The van der Waals surface area contributed by atoms with E-state index in [0.717, 1.165) is 0 Å². The average molecular weight is 243 g/mol. The minimum absolute atomic E-state index is 0.0577. The highest BCUT2D eigenvalue weighted by atomic mass is 79.9. The highest BCUT2D eigenvalue weighted by Crippen LogP contribution is 2.23. The van der Waals surface area contributed by atoms with Crippen molar-refractivity contribution in [1.82, 2.24) is 0 Å². The molecule has 1 radical (unpaired) electrons. The van der Waals surface area contributed by atoms with E-state index in [9.17, 15) is 14.9 Å². The molecular formula is C8H5BrNO3. The van der Waals surface area contributed by atoms with E-state index < -0.39 is 4.92 Å². The lowest BCUT2D eigenvalue weighted by Gasteiger charge is -2.00. The van der Waals surface area contributed by atoms with Crippen LogP contribution in [0.1, 0.15) is 11.1 Å². The molecule has 67 valence electrons. The maximum Gasteiger partial charge on any atom is 0.274 e. The van der Waals surface area contributed by atoms with Crippen molar-refractivity contribution < 1.29 is 9.72 Å². The molecule has 0 aliphatic carbocycles. The van der Waals surface area contributed by atoms with Gasteiger partial charge in [0.2, 0.25) is 6.29 Å². The van der Waals surface area contributed by atoms with E-state index in [-0.39, 0.29) is 16.6 Å². The molecule has 0 N–H and O–H groups in total. The van der Waals surface area contributed by atoms with Gasteiger partial charge in [0.1, 0.15) is 0 Å². The van der Waals surface area contributed by atoms with Gasteiger partial charge < -0.3 is 0 Å². The first-order valence-electron chi connectivity index (χ1n) is 3.41. The Hall–Kier alpha value is -1.23. The van der Waals surface area contributed by atoms with E-state index in [4.69, 9.17) is 0 Å². The van der Waals surface area contributed by atoms with Crippen molar-refractivity contribution in [2.75, 3.05) is 0 Å². The Labute approximate surface area is 82.8 Å². The second kappa shape index (κ2) is 4.13. The maximum atomic E-state index is 10.5. The van der Waals surface area contributed by atoms with Crippen LogP contribution < -0.4 is 0 Å². The zero-order valence-electron chi connectivity index (χ0n) is 6.49. The van der Waals surface area contributed by atoms with Crippen LogP contribution in [0.4, 0.5) is 5.69 Å². The summed E-state index contributed by atoms with van der Waals surface area (Å²) >= 11 is 3.08. The van der Waals surface area contributed by atoms with Crippen LogP contribution in [-0.2, 0) is 10.1 Å². The van der Waals surface area contributed by atoms with Gasteiger partial charge in [0.25, 0.3) is 5.69 Å². The fourth-order valence-electron chi connectivity index (χ4n) is 0.982. The number of alkyl halides is 1. The van der Waals surface area contributed by atoms with E-state index >= 15 is 0 Å². The predicted molar refractivity (Wildman–Crippen MR) is 50.5 cm³/mol. The number of nitrogens with zero attached hydrogens (tertiary/aromatic N) is 1. The lowest BCUT2D eigenvalue weighted by Crippen LogP contribution is -1.97. The van der Waals surface area contributed by atoms with E-state index in [1.54, 1.807) is 6.29 Å². The molecule has 5 heteroatoms. The van der Waals surface area contributed by atoms with Crippen LogP contribution in [0.25, 0.3) is 0 Å². The third-order valence-electron chi connectivity index (χ3n) is 1.59. The maximum absolute atomic E-state index is 10.5. The lowest BCUT2D eigenvalue weighted by atomic mass is 10.1. The van der Waals surface area contributed by atoms with Gasteiger partial charge in [0, 0.05) is 17.0 Å². The highest BCUT2D eigenvalue weighted by molar-refractivity contribution is 9.08. The molecule has 0 fully saturated rings. The van der Waals surface area contributed by atoms with Gasteiger partial charge in [0.15, 0.2) is 0 Å². The number of carbonyl (C=O) groups excluding carboxylic acids is 1. The van der Waals surface area contributed by atoms with Crippen molar-refractivity contribution in [3.05, 3.63) is 39.4 Å². The molecule has 0 heterocycles. The average Bonchev–Trinajstić information content (AvgIpc) is 2.16. The van der Waals surface area contributed by atoms with Crippen LogP contribution in [0.3, 0.4) is 0 Å². The molecule has 0 aliphatic heterocycles. The molecule has 1 aromatic rings. The molecule has 0 amide bonds. The fourth-order valence-corrected chi connectivity index (χ4v) is 1.57. The van der Waals surface area contributed by atoms with Crippen LogP contribution >= 0.6 is 15.9 Å². The molecule has 0 aromatic heterocycles. The van der Waals surface area contributed by atoms with Crippen molar-refractivity contribution >= 4 is 27.9 Å². The summed E-state index contributed by atoms with van der Waals surface area (Å²) in [4.78, 5) is 20.4. The van der Waals surface area contributed by atoms with Crippen molar-refractivity contribution in [3.63, 3.8) is 0 Å². The van der Waals surface area contributed by atoms with Gasteiger partial charge in [-0.1, -0.05) is 28.1 Å². The highest BCUT2D eigenvalue weighted by Gasteiger charge is 2.15. The van der Waals surface area contributed by atoms with Crippen LogP contribution in [0.2, 0.25) is 0 Å². The normalized spacial score (nSPS) is 9.62. The van der Waals surface area contributed by atoms with Gasteiger partial charge in [-0.25, -0.2) is 0 Å². The number of nitro benzene ring substituents is 1. The number of hydrogen-bond acceptors (Lipinski definition) is 3. The second-order valence-electron chi connectivity index (χ2n) is 2.30. The van der Waals surface area contributed by atoms with E-state index in [0.29, 0.717) is 5.56 Å². The molecule has 0 spiro atoms. The van der Waals surface area contributed by atoms with Crippen LogP contribution in [0, 0.1) is 10.1 Å². The number of nitro groups is 1. The van der Waals surface area contributed by atoms with E-state index in [1.165, 1.54) is 18.2 Å². The van der Waals surface area contributed by atoms with Gasteiger partial charge in [0.05, 0.1) is 10.5 Å². The summed E-state index contributed by atoms with van der Waals surface area (Å²) < 4.78 is 0. The van der Waals surface area contributed by atoms with Crippen molar-refractivity contribution in [1.29, 1.82) is 0 Å². The summed E-state index contributed by atoms with van der Waals surface area (Å²) in [5.74, 6) is 0. The summed E-state index contributed by atoms with van der Waals surface area (Å²) in [7, 11) is 0. The third kappa shape index (κ3) is 1.92. The largest absolute Gasteiger partial charge is 0.285 e. The Morgan fingerprint density at radius 3 is 2.69 bits per heavy atom. The van der Waals surface area contributed by atoms with Gasteiger partial charge >= 0.3 is 0 Å². The van der Waals surface area contributed by atoms with Crippen LogP contribution in [0.15, 0.2) is 18.2 Å². The molecule has 0 aliphatic rings. The van der Waals surface area contributed by atoms with Crippen molar-refractivity contribution in [2.45, 2.75) is 5.33 Å². The SMILES string of the molecule is O=[C]c1cccc([N+](=O)[O-])c1CBr. The quantitative estimate of drug-likeness (QED) is 0.463. The van der Waals surface area contributed by atoms with Crippen molar-refractivity contribution in [3.8, 4) is 0 Å². The first kappa shape index (κ1) is 9.85. The molecule has 0 saturated carbocycles. The topological polar surface area (TPSA) is 60.2 Å². The molecule has 1 rings (SSSR count). The Balaban J connectivity index is 3.35. The van der Waals surface area contributed by atoms with Gasteiger partial charge in [-0.15, -0.1) is 0 Å². The molecule has 0 saturated heterocycles. The second-order valence-corrected chi connectivity index (χ2v) is 2.86. The van der Waals surface area contributed by atoms with Gasteiger partial charge in [-0.05, 0) is 0 Å². The Bertz CT molecular complexity index is 351. The molecule has 1 aromatic carbocycles. The summed E-state index contributed by atoms with van der Waals surface area (Å²) in [6.07, 6.45) is 1.66. The minimum atomic E-state index is -0.516. The standard InChI is InChI=1S/C8H5BrNO3/c9-4-7-6(5-11)2-1-3-8(7)10(12)13/h1-3H,4H2. The zero-order chi connectivity index (χ0) is 9.84. The molecule has 4 nitrogen and oxygen atoms in total. The predicted octanol–water partition coefficient (Wildman–Crippen LogP) is 1.95. The first-order valence-corrected chi connectivity index (χ1v) is 4.53. The number of rotatable bonds is 3. The Kier molecular flexibility index (Phi) is 3.13. The Morgan fingerprint density at radius 1 is 1.54 bits per heavy atom. The fraction of sp³-hybridized carbons (Fsp3) is 0.125. The third-order valence-corrected chi connectivity index (χ3v) is 2.15. The number of benzene rings is 1. The van der Waals surface area contributed by atoms with Crippen molar-refractivity contribution in [2.24, 2.45) is 0 Å². The summed E-state index contributed by atoms with van der Waals surface area (Å²) in [6, 6.07) is 4.32. The molecule has 0 bridgehead atoms. The molecule has 0 unspecified atom stereocenters. The van der Waals surface area contributed by atoms with Crippen LogP contribution in [-0.4, -0.2) is 11.2 Å². The van der Waals surface area contributed by atoms with Gasteiger partial charge in [-0.3, -0.25) is 14.9 Å². The summed E-state index contributed by atoms with van der Waals surface area (Å²) in [6.45, 7) is 0. The number of halogens is 1. The zero-order valence-corrected chi connectivity index (χ0v) is 8.08. The Morgan fingerprint density at radius 2 is 2.23 bits per heavy atom. The molecule has 0 atom stereocenters. The lowest BCUT2D eigenvalue weighted by molar-refractivity contribution is -0.385. The molecule has 13 heavy (non-hydrogen) atoms. The van der Waals surface area contributed by atoms with E-state index in [1.807, 2.05) is 0 Å². The summed E-state index contributed by atoms with van der Waals surface area (Å²) in [5, 5.41) is 10.8. The molecular weight excluding hydrogens is 238 g/mol. The first-order chi connectivity index (χ1) is 6.20. The monoisotopic (exact) mass is 242 g/mol. The van der Waals surface area contributed by atoms with Crippen LogP contribution in [0.5, 0.6) is 0 Å². The smallest absolute Gasteiger partial charge is 0.274 e. The van der Waals surface area contributed by atoms with Gasteiger partial charge in [-0.2, -0.15) is 0 Å². The number of hydrogen-bond donors (Lipinski definition) is 0. The minimum Gasteiger partial charge on any atom is -0.285 e. The van der Waals surface area contributed by atoms with E-state index in [2.05, 4.69) is 15.9 Å². The summed E-state index contributed by atoms with van der Waals surface area (Å²) in [5.41, 5.74) is 0.534.